The maximum absolute atomic E-state index is 12.3. The first kappa shape index (κ1) is 17.7. The van der Waals surface area contributed by atoms with E-state index in [9.17, 15) is 9.59 Å². The summed E-state index contributed by atoms with van der Waals surface area (Å²) in [5, 5.41) is 5.73. The predicted molar refractivity (Wildman–Crippen MR) is 97.8 cm³/mol. The topological polar surface area (TPSA) is 83.6 Å². The highest BCUT2D eigenvalue weighted by Gasteiger charge is 2.24. The summed E-state index contributed by atoms with van der Waals surface area (Å²) in [4.78, 5) is 29.7. The lowest BCUT2D eigenvalue weighted by molar-refractivity contribution is -0.132. The third-order valence-electron chi connectivity index (χ3n) is 4.20. The molecule has 0 radical (unpaired) electrons. The number of pyridine rings is 1. The van der Waals surface area contributed by atoms with Crippen LogP contribution in [0.3, 0.4) is 0 Å². The number of urea groups is 1. The Morgan fingerprint density at radius 3 is 2.85 bits per heavy atom. The molecule has 2 N–H and O–H groups in total. The van der Waals surface area contributed by atoms with E-state index in [1.54, 1.807) is 30.3 Å². The molecule has 1 aromatic carbocycles. The molecule has 2 heterocycles. The molecule has 136 valence electrons. The minimum absolute atomic E-state index is 0.0562. The summed E-state index contributed by atoms with van der Waals surface area (Å²) in [6, 6.07) is 12.5. The average molecular weight is 354 g/mol. The second-order valence-electron chi connectivity index (χ2n) is 6.21. The number of para-hydroxylation sites is 2. The lowest BCUT2D eigenvalue weighted by Gasteiger charge is -2.30. The van der Waals surface area contributed by atoms with Crippen LogP contribution in [0.5, 0.6) is 5.75 Å². The number of hydrogen-bond donors (Lipinski definition) is 2. The fourth-order valence-electron chi connectivity index (χ4n) is 2.80. The van der Waals surface area contributed by atoms with Crippen LogP contribution < -0.4 is 15.4 Å². The molecule has 2 aromatic rings. The summed E-state index contributed by atoms with van der Waals surface area (Å²) in [6.07, 6.45) is 2.81. The van der Waals surface area contributed by atoms with Gasteiger partial charge in [-0.3, -0.25) is 9.78 Å². The highest BCUT2D eigenvalue weighted by molar-refractivity contribution is 5.91. The van der Waals surface area contributed by atoms with Crippen LogP contribution in [0.1, 0.15) is 18.5 Å². The molecule has 0 spiro atoms. The fourth-order valence-corrected chi connectivity index (χ4v) is 2.80. The lowest BCUT2D eigenvalue weighted by Crippen LogP contribution is -2.49. The first-order chi connectivity index (χ1) is 12.6. The Morgan fingerprint density at radius 1 is 1.27 bits per heavy atom. The molecule has 26 heavy (non-hydrogen) atoms. The molecular formula is C19H22N4O3. The zero-order valence-electron chi connectivity index (χ0n) is 14.6. The first-order valence-electron chi connectivity index (χ1n) is 8.55. The van der Waals surface area contributed by atoms with E-state index in [4.69, 9.17) is 4.74 Å². The van der Waals surface area contributed by atoms with Gasteiger partial charge in [-0.2, -0.15) is 0 Å². The van der Waals surface area contributed by atoms with Gasteiger partial charge in [0.05, 0.1) is 11.4 Å². The normalized spacial score (nSPS) is 16.9. The number of carbonyl (C=O) groups is 2. The lowest BCUT2D eigenvalue weighted by atomic mass is 10.1. The third kappa shape index (κ3) is 4.72. The number of likely N-dealkylation sites (tertiary alicyclic amines) is 1. The van der Waals surface area contributed by atoms with Crippen LogP contribution in [0.2, 0.25) is 0 Å². The number of nitrogens with one attached hydrogen (secondary N) is 2. The number of carbonyl (C=O) groups excluding carboxylic acids is 2. The highest BCUT2D eigenvalue weighted by atomic mass is 16.5. The maximum atomic E-state index is 12.3. The highest BCUT2D eigenvalue weighted by Crippen LogP contribution is 2.24. The molecule has 1 fully saturated rings. The van der Waals surface area contributed by atoms with Gasteiger partial charge in [0, 0.05) is 32.3 Å². The van der Waals surface area contributed by atoms with Gasteiger partial charge < -0.3 is 20.3 Å². The summed E-state index contributed by atoms with van der Waals surface area (Å²) in [6.45, 7) is 0.834. The first-order valence-corrected chi connectivity index (χ1v) is 8.55. The fraction of sp³-hybridized carbons (Fsp3) is 0.316. The monoisotopic (exact) mass is 354 g/mol. The number of ether oxygens (including phenoxy) is 1. The van der Waals surface area contributed by atoms with Crippen molar-refractivity contribution >= 4 is 17.6 Å². The number of nitrogens with zero attached hydrogens (tertiary/aromatic N) is 2. The van der Waals surface area contributed by atoms with E-state index >= 15 is 0 Å². The maximum Gasteiger partial charge on any atom is 0.319 e. The Hall–Kier alpha value is -3.09. The van der Waals surface area contributed by atoms with Crippen LogP contribution in [0, 0.1) is 0 Å². The smallest absolute Gasteiger partial charge is 0.319 e. The van der Waals surface area contributed by atoms with E-state index in [0.717, 1.165) is 5.69 Å². The quantitative estimate of drug-likeness (QED) is 0.864. The SMILES string of the molecule is CN1C[C@@H](NC(=O)Nc2ccccc2OCc2ccccn2)CCC1=O. The second kappa shape index (κ2) is 8.33. The number of benzene rings is 1. The molecule has 0 saturated carbocycles. The van der Waals surface area contributed by atoms with E-state index in [0.29, 0.717) is 37.4 Å². The van der Waals surface area contributed by atoms with E-state index < -0.39 is 0 Å². The standard InChI is InChI=1S/C19H22N4O3/c1-23-12-14(9-10-18(23)24)21-19(25)22-16-7-2-3-8-17(16)26-13-15-6-4-5-11-20-15/h2-8,11,14H,9-10,12-13H2,1H3,(H2,21,22,25)/t14-/m0/s1. The van der Waals surface area contributed by atoms with E-state index in [2.05, 4.69) is 15.6 Å². The predicted octanol–water partition coefficient (Wildman–Crippen LogP) is 2.40. The molecule has 0 aliphatic carbocycles. The minimum Gasteiger partial charge on any atom is -0.485 e. The van der Waals surface area contributed by atoms with E-state index in [-0.39, 0.29) is 18.0 Å². The zero-order valence-corrected chi connectivity index (χ0v) is 14.6. The molecule has 3 amide bonds. The molecule has 1 aliphatic heterocycles. The second-order valence-corrected chi connectivity index (χ2v) is 6.21. The van der Waals surface area contributed by atoms with Crippen molar-refractivity contribution in [1.29, 1.82) is 0 Å². The number of aromatic nitrogens is 1. The van der Waals surface area contributed by atoms with Crippen molar-refractivity contribution in [3.63, 3.8) is 0 Å². The van der Waals surface area contributed by atoms with Gasteiger partial charge in [-0.05, 0) is 30.7 Å². The Labute approximate surface area is 152 Å². The molecule has 1 atom stereocenters. The molecule has 1 saturated heterocycles. The Morgan fingerprint density at radius 2 is 2.08 bits per heavy atom. The number of likely N-dealkylation sites (N-methyl/N-ethyl adjacent to an activating group) is 1. The van der Waals surface area contributed by atoms with Crippen molar-refractivity contribution in [2.45, 2.75) is 25.5 Å². The molecule has 1 aliphatic rings. The van der Waals surface area contributed by atoms with Crippen molar-refractivity contribution in [1.82, 2.24) is 15.2 Å². The van der Waals surface area contributed by atoms with Crippen molar-refractivity contribution in [3.8, 4) is 5.75 Å². The van der Waals surface area contributed by atoms with Crippen LogP contribution in [-0.2, 0) is 11.4 Å². The van der Waals surface area contributed by atoms with Gasteiger partial charge in [-0.25, -0.2) is 4.79 Å². The van der Waals surface area contributed by atoms with Gasteiger partial charge in [0.15, 0.2) is 0 Å². The van der Waals surface area contributed by atoms with Crippen LogP contribution in [-0.4, -0.2) is 41.5 Å². The largest absolute Gasteiger partial charge is 0.485 e. The summed E-state index contributed by atoms with van der Waals surface area (Å²) in [5.74, 6) is 0.681. The van der Waals surface area contributed by atoms with Crippen molar-refractivity contribution in [2.24, 2.45) is 0 Å². The number of hydrogen-bond acceptors (Lipinski definition) is 4. The summed E-state index contributed by atoms with van der Waals surface area (Å²) >= 11 is 0. The Balaban J connectivity index is 1.57. The van der Waals surface area contributed by atoms with Gasteiger partial charge in [0.2, 0.25) is 5.91 Å². The number of amides is 3. The van der Waals surface area contributed by atoms with Crippen LogP contribution in [0.4, 0.5) is 10.5 Å². The van der Waals surface area contributed by atoms with Crippen LogP contribution >= 0.6 is 0 Å². The van der Waals surface area contributed by atoms with Gasteiger partial charge in [0.25, 0.3) is 0 Å². The number of piperidine rings is 1. The van der Waals surface area contributed by atoms with Crippen molar-refractivity contribution in [2.75, 3.05) is 18.9 Å². The zero-order chi connectivity index (χ0) is 18.4. The molecule has 7 heteroatoms. The van der Waals surface area contributed by atoms with Gasteiger partial charge in [-0.15, -0.1) is 0 Å². The molecule has 0 bridgehead atoms. The summed E-state index contributed by atoms with van der Waals surface area (Å²) in [5.41, 5.74) is 1.39. The van der Waals surface area contributed by atoms with Crippen molar-refractivity contribution in [3.05, 3.63) is 54.4 Å². The van der Waals surface area contributed by atoms with Gasteiger partial charge in [-0.1, -0.05) is 18.2 Å². The molecule has 1 aromatic heterocycles. The third-order valence-corrected chi connectivity index (χ3v) is 4.20. The molecule has 0 unspecified atom stereocenters. The van der Waals surface area contributed by atoms with Gasteiger partial charge in [0.1, 0.15) is 12.4 Å². The Kier molecular flexibility index (Phi) is 5.68. The van der Waals surface area contributed by atoms with E-state index in [1.165, 1.54) is 0 Å². The Bertz CT molecular complexity index is 766. The average Bonchev–Trinajstić information content (AvgIpc) is 2.65. The van der Waals surface area contributed by atoms with E-state index in [1.807, 2.05) is 30.3 Å². The molecule has 3 rings (SSSR count). The number of anilines is 1. The van der Waals surface area contributed by atoms with Crippen LogP contribution in [0.15, 0.2) is 48.7 Å². The summed E-state index contributed by atoms with van der Waals surface area (Å²) in [7, 11) is 1.74. The van der Waals surface area contributed by atoms with Gasteiger partial charge >= 0.3 is 6.03 Å². The molecule has 7 nitrogen and oxygen atoms in total. The summed E-state index contributed by atoms with van der Waals surface area (Å²) < 4.78 is 5.79. The molecular weight excluding hydrogens is 332 g/mol. The minimum atomic E-state index is -0.313. The number of rotatable bonds is 5. The van der Waals surface area contributed by atoms with Crippen molar-refractivity contribution < 1.29 is 14.3 Å². The van der Waals surface area contributed by atoms with Crippen LogP contribution in [0.25, 0.3) is 0 Å².